The predicted molar refractivity (Wildman–Crippen MR) is 82.9 cm³/mol. The van der Waals surface area contributed by atoms with E-state index in [1.807, 2.05) is 18.2 Å². The Morgan fingerprint density at radius 3 is 2.75 bits per heavy atom. The average Bonchev–Trinajstić information content (AvgIpc) is 3.04. The van der Waals surface area contributed by atoms with Crippen molar-refractivity contribution >= 4 is 28.1 Å². The van der Waals surface area contributed by atoms with Gasteiger partial charge in [0.2, 0.25) is 0 Å². The number of thiophene rings is 1. The number of benzene rings is 1. The van der Waals surface area contributed by atoms with Crippen molar-refractivity contribution in [1.82, 2.24) is 9.55 Å². The van der Waals surface area contributed by atoms with E-state index in [-0.39, 0.29) is 6.04 Å². The summed E-state index contributed by atoms with van der Waals surface area (Å²) in [6, 6.07) is 7.90. The minimum atomic E-state index is -0.621. The lowest BCUT2D eigenvalue weighted by molar-refractivity contribution is 0.183. The maximum absolute atomic E-state index is 10.0. The molecule has 4 nitrogen and oxygen atoms in total. The van der Waals surface area contributed by atoms with Crippen LogP contribution in [0.2, 0.25) is 0 Å². The molecule has 0 aliphatic carbocycles. The Hall–Kier alpha value is -1.85. The predicted octanol–water partition coefficient (Wildman–Crippen LogP) is 3.34. The van der Waals surface area contributed by atoms with Gasteiger partial charge in [-0.1, -0.05) is 0 Å². The van der Waals surface area contributed by atoms with Crippen LogP contribution in [0.5, 0.6) is 0 Å². The first-order valence-corrected chi connectivity index (χ1v) is 7.49. The van der Waals surface area contributed by atoms with Gasteiger partial charge in [-0.3, -0.25) is 0 Å². The molecule has 2 unspecified atom stereocenters. The Morgan fingerprint density at radius 1 is 1.30 bits per heavy atom. The molecule has 0 aliphatic heterocycles. The van der Waals surface area contributed by atoms with E-state index in [0.717, 1.165) is 11.0 Å². The summed E-state index contributed by atoms with van der Waals surface area (Å²) in [4.78, 5) is 4.54. The lowest BCUT2D eigenvalue weighted by atomic mass is 10.1. The Kier molecular flexibility index (Phi) is 3.23. The van der Waals surface area contributed by atoms with E-state index < -0.39 is 6.10 Å². The van der Waals surface area contributed by atoms with Crippen LogP contribution in [0, 0.1) is 0 Å². The zero-order valence-corrected chi connectivity index (χ0v) is 12.3. The third-order valence-corrected chi connectivity index (χ3v) is 4.23. The third-order valence-electron chi connectivity index (χ3n) is 3.53. The van der Waals surface area contributed by atoms with Crippen molar-refractivity contribution in [3.05, 3.63) is 46.4 Å². The normalized spacial score (nSPS) is 14.6. The first-order chi connectivity index (χ1) is 9.58. The molecule has 1 aromatic carbocycles. The maximum atomic E-state index is 10.0. The van der Waals surface area contributed by atoms with Gasteiger partial charge in [-0.05, 0) is 54.4 Å². The lowest BCUT2D eigenvalue weighted by Crippen LogP contribution is -2.12. The van der Waals surface area contributed by atoms with Crippen LogP contribution >= 0.6 is 11.3 Å². The van der Waals surface area contributed by atoms with Gasteiger partial charge in [-0.25, -0.2) is 4.98 Å². The highest BCUT2D eigenvalue weighted by molar-refractivity contribution is 7.07. The zero-order valence-electron chi connectivity index (χ0n) is 11.4. The second-order valence-corrected chi connectivity index (χ2v) is 5.78. The molecule has 2 heterocycles. The van der Waals surface area contributed by atoms with E-state index in [2.05, 4.69) is 33.3 Å². The summed E-state index contributed by atoms with van der Waals surface area (Å²) < 4.78 is 2.08. The molecule has 0 aliphatic rings. The summed E-state index contributed by atoms with van der Waals surface area (Å²) >= 11 is 1.67. The summed E-state index contributed by atoms with van der Waals surface area (Å²) in [5, 5.41) is 14.2. The molecule has 3 aromatic rings. The number of aliphatic hydroxyl groups is 1. The van der Waals surface area contributed by atoms with Crippen LogP contribution in [0.1, 0.15) is 37.4 Å². The van der Waals surface area contributed by atoms with E-state index in [0.29, 0.717) is 11.5 Å². The van der Waals surface area contributed by atoms with Gasteiger partial charge in [0, 0.05) is 5.69 Å². The number of imidazole rings is 1. The highest BCUT2D eigenvalue weighted by atomic mass is 32.1. The van der Waals surface area contributed by atoms with Crippen LogP contribution in [0.4, 0.5) is 5.69 Å². The number of nitrogens with zero attached hydrogens (tertiary/aromatic N) is 2. The monoisotopic (exact) mass is 287 g/mol. The number of fused-ring (bicyclic) bond motifs is 1. The molecule has 5 heteroatoms. The molecule has 0 bridgehead atoms. The number of nitrogen functional groups attached to an aromatic ring is 1. The number of aromatic nitrogens is 2. The highest BCUT2D eigenvalue weighted by Crippen LogP contribution is 2.30. The summed E-state index contributed by atoms with van der Waals surface area (Å²) in [7, 11) is 0. The van der Waals surface area contributed by atoms with E-state index >= 15 is 0 Å². The molecule has 20 heavy (non-hydrogen) atoms. The molecule has 0 spiro atoms. The van der Waals surface area contributed by atoms with Crippen molar-refractivity contribution in [3.8, 4) is 0 Å². The molecule has 104 valence electrons. The van der Waals surface area contributed by atoms with Crippen LogP contribution < -0.4 is 5.73 Å². The van der Waals surface area contributed by atoms with Gasteiger partial charge in [0.05, 0.1) is 17.1 Å². The summed E-state index contributed by atoms with van der Waals surface area (Å²) in [6.45, 7) is 3.85. The quantitative estimate of drug-likeness (QED) is 0.726. The molecule has 2 atom stereocenters. The van der Waals surface area contributed by atoms with E-state index in [4.69, 9.17) is 5.73 Å². The van der Waals surface area contributed by atoms with Crippen molar-refractivity contribution in [2.45, 2.75) is 26.0 Å². The van der Waals surface area contributed by atoms with Gasteiger partial charge in [0.15, 0.2) is 0 Å². The summed E-state index contributed by atoms with van der Waals surface area (Å²) in [5.41, 5.74) is 9.53. The van der Waals surface area contributed by atoms with Crippen LogP contribution in [-0.4, -0.2) is 14.7 Å². The van der Waals surface area contributed by atoms with Crippen molar-refractivity contribution in [2.24, 2.45) is 0 Å². The maximum Gasteiger partial charge on any atom is 0.139 e. The number of aliphatic hydroxyl groups excluding tert-OH is 1. The highest BCUT2D eigenvalue weighted by Gasteiger charge is 2.20. The Morgan fingerprint density at radius 2 is 2.10 bits per heavy atom. The molecular formula is C15H17N3OS. The van der Waals surface area contributed by atoms with Crippen molar-refractivity contribution < 1.29 is 5.11 Å². The SMILES string of the molecule is CC(O)c1nc2cc(N)ccc2n1C(C)c1ccsc1. The Balaban J connectivity index is 2.24. The fraction of sp³-hybridized carbons (Fsp3) is 0.267. The molecule has 2 aromatic heterocycles. The van der Waals surface area contributed by atoms with Gasteiger partial charge < -0.3 is 15.4 Å². The standard InChI is InChI=1S/C15H17N3OS/c1-9(11-5-6-20-8-11)18-14-4-3-12(16)7-13(14)17-15(18)10(2)19/h3-10,19H,16H2,1-2H3. The Bertz CT molecular complexity index is 731. The molecule has 3 N–H and O–H groups in total. The molecule has 0 fully saturated rings. The third kappa shape index (κ3) is 2.09. The number of hydrogen-bond donors (Lipinski definition) is 2. The first kappa shape index (κ1) is 13.1. The van der Waals surface area contributed by atoms with Gasteiger partial charge in [-0.2, -0.15) is 11.3 Å². The first-order valence-electron chi connectivity index (χ1n) is 6.55. The van der Waals surface area contributed by atoms with Gasteiger partial charge in [-0.15, -0.1) is 0 Å². The molecule has 0 saturated heterocycles. The van der Waals surface area contributed by atoms with Gasteiger partial charge >= 0.3 is 0 Å². The molecule has 0 radical (unpaired) electrons. The Labute approximate surface area is 121 Å². The second-order valence-electron chi connectivity index (χ2n) is 5.00. The summed E-state index contributed by atoms with van der Waals surface area (Å²) in [5.74, 6) is 0.671. The van der Waals surface area contributed by atoms with Crippen LogP contribution in [-0.2, 0) is 0 Å². The minimum absolute atomic E-state index is 0.125. The number of rotatable bonds is 3. The minimum Gasteiger partial charge on any atom is -0.399 e. The molecule has 0 amide bonds. The fourth-order valence-corrected chi connectivity index (χ4v) is 3.24. The van der Waals surface area contributed by atoms with Crippen LogP contribution in [0.3, 0.4) is 0 Å². The topological polar surface area (TPSA) is 64.1 Å². The van der Waals surface area contributed by atoms with Crippen LogP contribution in [0.25, 0.3) is 11.0 Å². The van der Waals surface area contributed by atoms with Crippen LogP contribution in [0.15, 0.2) is 35.0 Å². The van der Waals surface area contributed by atoms with Crippen molar-refractivity contribution in [3.63, 3.8) is 0 Å². The molecule has 0 saturated carbocycles. The largest absolute Gasteiger partial charge is 0.399 e. The molecular weight excluding hydrogens is 270 g/mol. The van der Waals surface area contributed by atoms with E-state index in [9.17, 15) is 5.11 Å². The number of anilines is 1. The smallest absolute Gasteiger partial charge is 0.139 e. The second kappa shape index (κ2) is 4.92. The van der Waals surface area contributed by atoms with E-state index in [1.54, 1.807) is 18.3 Å². The van der Waals surface area contributed by atoms with Gasteiger partial charge in [0.1, 0.15) is 11.9 Å². The number of nitrogens with two attached hydrogens (primary N) is 1. The van der Waals surface area contributed by atoms with Crippen molar-refractivity contribution in [1.29, 1.82) is 0 Å². The number of hydrogen-bond acceptors (Lipinski definition) is 4. The summed E-state index contributed by atoms with van der Waals surface area (Å²) in [6.07, 6.45) is -0.621. The fourth-order valence-electron chi connectivity index (χ4n) is 2.50. The molecule has 3 rings (SSSR count). The zero-order chi connectivity index (χ0) is 14.3. The van der Waals surface area contributed by atoms with Crippen molar-refractivity contribution in [2.75, 3.05) is 5.73 Å². The average molecular weight is 287 g/mol. The lowest BCUT2D eigenvalue weighted by Gasteiger charge is -2.18. The van der Waals surface area contributed by atoms with E-state index in [1.165, 1.54) is 5.56 Å². The van der Waals surface area contributed by atoms with Gasteiger partial charge in [0.25, 0.3) is 0 Å².